The molecule has 6 heteroatoms. The molecule has 0 aliphatic heterocycles. The molecule has 0 aromatic heterocycles. The van der Waals surface area contributed by atoms with Crippen LogP contribution in [0.15, 0.2) is 23.4 Å². The van der Waals surface area contributed by atoms with Crippen molar-refractivity contribution in [1.82, 2.24) is 4.90 Å². The molecule has 0 bridgehead atoms. The number of hydrogen-bond acceptors (Lipinski definition) is 5. The molecule has 1 rings (SSSR count). The Balaban J connectivity index is 2.83. The number of benzene rings is 1. The van der Waals surface area contributed by atoms with Gasteiger partial charge in [0.25, 0.3) is 5.91 Å². The van der Waals surface area contributed by atoms with Crippen LogP contribution < -0.4 is 9.47 Å². The fraction of sp³-hybridized carbons (Fsp3) is 0.429. The second-order valence-electron chi connectivity index (χ2n) is 4.25. The minimum Gasteiger partial charge on any atom is -0.493 e. The first-order valence-electron chi connectivity index (χ1n) is 6.27. The van der Waals surface area contributed by atoms with E-state index in [1.807, 2.05) is 6.92 Å². The van der Waals surface area contributed by atoms with Crippen LogP contribution in [-0.4, -0.2) is 49.0 Å². The first kappa shape index (κ1) is 15.8. The number of methoxy groups -OCH3 is 1. The molecular formula is C14H20N2O4. The lowest BCUT2D eigenvalue weighted by atomic mass is 10.1. The highest BCUT2D eigenvalue weighted by Crippen LogP contribution is 2.28. The van der Waals surface area contributed by atoms with E-state index in [4.69, 9.17) is 14.7 Å². The van der Waals surface area contributed by atoms with Gasteiger partial charge in [-0.2, -0.15) is 0 Å². The molecule has 1 N–H and O–H groups in total. The van der Waals surface area contributed by atoms with Gasteiger partial charge >= 0.3 is 0 Å². The molecule has 0 spiro atoms. The second kappa shape index (κ2) is 7.37. The summed E-state index contributed by atoms with van der Waals surface area (Å²) in [5.74, 6) is 0.851. The van der Waals surface area contributed by atoms with Gasteiger partial charge in [-0.05, 0) is 32.0 Å². The minimum atomic E-state index is -0.105. The van der Waals surface area contributed by atoms with Gasteiger partial charge in [-0.25, -0.2) is 0 Å². The summed E-state index contributed by atoms with van der Waals surface area (Å²) in [5.41, 5.74) is 1.19. The van der Waals surface area contributed by atoms with Crippen LogP contribution in [0.25, 0.3) is 0 Å². The molecule has 0 saturated heterocycles. The molecule has 0 fully saturated rings. The summed E-state index contributed by atoms with van der Waals surface area (Å²) in [4.78, 5) is 13.2. The molecule has 1 aromatic carbocycles. The van der Waals surface area contributed by atoms with Gasteiger partial charge in [0.2, 0.25) is 0 Å². The average Bonchev–Trinajstić information content (AvgIpc) is 2.50. The highest BCUT2D eigenvalue weighted by Gasteiger charge is 2.11. The number of amides is 1. The summed E-state index contributed by atoms with van der Waals surface area (Å²) in [6, 6.07) is 5.11. The van der Waals surface area contributed by atoms with Gasteiger partial charge in [0.15, 0.2) is 18.1 Å². The maximum Gasteiger partial charge on any atom is 0.260 e. The number of likely N-dealkylation sites (N-methyl/N-ethyl adjacent to an activating group) is 1. The molecule has 6 nitrogen and oxygen atoms in total. The zero-order valence-corrected chi connectivity index (χ0v) is 12.2. The van der Waals surface area contributed by atoms with E-state index in [9.17, 15) is 4.79 Å². The Labute approximate surface area is 118 Å². The van der Waals surface area contributed by atoms with E-state index in [1.165, 1.54) is 7.11 Å². The van der Waals surface area contributed by atoms with Gasteiger partial charge < -0.3 is 19.6 Å². The van der Waals surface area contributed by atoms with Crippen LogP contribution in [0.1, 0.15) is 19.4 Å². The van der Waals surface area contributed by atoms with Crippen molar-refractivity contribution in [3.63, 3.8) is 0 Å². The molecule has 0 aliphatic rings. The van der Waals surface area contributed by atoms with E-state index in [0.717, 1.165) is 0 Å². The third kappa shape index (κ3) is 3.88. The maximum absolute atomic E-state index is 11.7. The van der Waals surface area contributed by atoms with Crippen LogP contribution in [0.5, 0.6) is 11.5 Å². The molecule has 0 unspecified atom stereocenters. The Morgan fingerprint density at radius 2 is 2.10 bits per heavy atom. The Morgan fingerprint density at radius 3 is 2.65 bits per heavy atom. The second-order valence-corrected chi connectivity index (χ2v) is 4.25. The quantitative estimate of drug-likeness (QED) is 0.489. The number of oxime groups is 1. The zero-order chi connectivity index (χ0) is 15.1. The minimum absolute atomic E-state index is 0.0485. The van der Waals surface area contributed by atoms with Gasteiger partial charge in [0.05, 0.1) is 12.8 Å². The van der Waals surface area contributed by atoms with Crippen LogP contribution in [0, 0.1) is 0 Å². The van der Waals surface area contributed by atoms with Gasteiger partial charge in [-0.3, -0.25) is 4.79 Å². The van der Waals surface area contributed by atoms with Crippen LogP contribution in [0.3, 0.4) is 0 Å². The topological polar surface area (TPSA) is 71.4 Å². The molecule has 0 radical (unpaired) electrons. The van der Waals surface area contributed by atoms with E-state index in [0.29, 0.717) is 29.3 Å². The number of rotatable bonds is 6. The van der Waals surface area contributed by atoms with E-state index >= 15 is 0 Å². The lowest BCUT2D eigenvalue weighted by molar-refractivity contribution is -0.131. The fourth-order valence-electron chi connectivity index (χ4n) is 1.50. The van der Waals surface area contributed by atoms with Crippen LogP contribution in [0.2, 0.25) is 0 Å². The van der Waals surface area contributed by atoms with Crippen molar-refractivity contribution < 1.29 is 19.5 Å². The van der Waals surface area contributed by atoms with Crippen molar-refractivity contribution in [2.75, 3.05) is 27.3 Å². The molecule has 20 heavy (non-hydrogen) atoms. The summed E-state index contributed by atoms with van der Waals surface area (Å²) in [5, 5.41) is 11.9. The van der Waals surface area contributed by atoms with E-state index in [-0.39, 0.29) is 12.5 Å². The summed E-state index contributed by atoms with van der Waals surface area (Å²) >= 11 is 0. The number of hydrogen-bond donors (Lipinski definition) is 1. The number of carbonyl (C=O) groups excluding carboxylic acids is 1. The first-order valence-corrected chi connectivity index (χ1v) is 6.27. The predicted molar refractivity (Wildman–Crippen MR) is 75.8 cm³/mol. The zero-order valence-electron chi connectivity index (χ0n) is 12.2. The molecular weight excluding hydrogens is 260 g/mol. The Bertz CT molecular complexity index is 500. The third-order valence-corrected chi connectivity index (χ3v) is 2.98. The number of carbonyl (C=O) groups is 1. The lowest BCUT2D eigenvalue weighted by Crippen LogP contribution is -2.31. The van der Waals surface area contributed by atoms with Crippen LogP contribution in [0.4, 0.5) is 0 Å². The van der Waals surface area contributed by atoms with E-state index in [1.54, 1.807) is 37.1 Å². The average molecular weight is 280 g/mol. The van der Waals surface area contributed by atoms with Gasteiger partial charge in [0.1, 0.15) is 0 Å². The molecule has 0 aliphatic carbocycles. The summed E-state index contributed by atoms with van der Waals surface area (Å²) in [6.07, 6.45) is 0. The van der Waals surface area contributed by atoms with Crippen molar-refractivity contribution in [2.24, 2.45) is 5.16 Å². The standard InChI is InChI=1S/C14H20N2O4/c1-5-16(3)14(17)9-20-12-7-6-11(10(2)15-18)8-13(12)19-4/h6-8,18H,5,9H2,1-4H3/b15-10+. The first-order chi connectivity index (χ1) is 9.53. The van der Waals surface area contributed by atoms with Gasteiger partial charge in [-0.1, -0.05) is 5.16 Å². The lowest BCUT2D eigenvalue weighted by Gasteiger charge is -2.16. The molecule has 110 valence electrons. The number of ether oxygens (including phenoxy) is 2. The highest BCUT2D eigenvalue weighted by molar-refractivity contribution is 5.98. The van der Waals surface area contributed by atoms with Gasteiger partial charge in [0, 0.05) is 19.2 Å². The molecule has 1 aromatic rings. The Kier molecular flexibility index (Phi) is 5.83. The molecule has 0 atom stereocenters. The van der Waals surface area contributed by atoms with E-state index < -0.39 is 0 Å². The Morgan fingerprint density at radius 1 is 1.40 bits per heavy atom. The van der Waals surface area contributed by atoms with Crippen molar-refractivity contribution in [2.45, 2.75) is 13.8 Å². The van der Waals surface area contributed by atoms with Crippen molar-refractivity contribution in [1.29, 1.82) is 0 Å². The normalized spacial score (nSPS) is 11.1. The monoisotopic (exact) mass is 280 g/mol. The van der Waals surface area contributed by atoms with Crippen molar-refractivity contribution >= 4 is 11.6 Å². The molecule has 1 amide bonds. The molecule has 0 saturated carbocycles. The van der Waals surface area contributed by atoms with Gasteiger partial charge in [-0.15, -0.1) is 0 Å². The Hall–Kier alpha value is -2.24. The van der Waals surface area contributed by atoms with E-state index in [2.05, 4.69) is 5.16 Å². The molecule has 0 heterocycles. The maximum atomic E-state index is 11.7. The summed E-state index contributed by atoms with van der Waals surface area (Å²) in [7, 11) is 3.23. The predicted octanol–water partition coefficient (Wildman–Crippen LogP) is 1.75. The van der Waals surface area contributed by atoms with Crippen molar-refractivity contribution in [3.8, 4) is 11.5 Å². The van der Waals surface area contributed by atoms with Crippen molar-refractivity contribution in [3.05, 3.63) is 23.8 Å². The third-order valence-electron chi connectivity index (χ3n) is 2.98. The summed E-state index contributed by atoms with van der Waals surface area (Å²) < 4.78 is 10.7. The largest absolute Gasteiger partial charge is 0.493 e. The smallest absolute Gasteiger partial charge is 0.260 e. The van der Waals surface area contributed by atoms with Crippen LogP contribution in [-0.2, 0) is 4.79 Å². The summed E-state index contributed by atoms with van der Waals surface area (Å²) in [6.45, 7) is 4.15. The SMILES string of the molecule is CCN(C)C(=O)COc1ccc(/C(C)=N/O)cc1OC. The fourth-order valence-corrected chi connectivity index (χ4v) is 1.50. The number of nitrogens with zero attached hydrogens (tertiary/aromatic N) is 2. The van der Waals surface area contributed by atoms with Crippen LogP contribution >= 0.6 is 0 Å². The highest BCUT2D eigenvalue weighted by atomic mass is 16.5.